The number of rotatable bonds is 0. The molecule has 3 heteroatoms. The molecule has 0 aromatic rings. The lowest BCUT2D eigenvalue weighted by molar-refractivity contribution is 0.293. The lowest BCUT2D eigenvalue weighted by atomic mass is 10.0. The molecular weight excluding hydrogens is 98.9 g/mol. The van der Waals surface area contributed by atoms with Gasteiger partial charge in [0.15, 0.2) is 7.85 Å². The van der Waals surface area contributed by atoms with Crippen molar-refractivity contribution in [3.05, 3.63) is 12.4 Å². The summed E-state index contributed by atoms with van der Waals surface area (Å²) < 4.78 is 0. The van der Waals surface area contributed by atoms with E-state index in [1.807, 2.05) is 0 Å². The van der Waals surface area contributed by atoms with Gasteiger partial charge in [0.2, 0.25) is 0 Å². The average molecular weight is 110 g/mol. The highest BCUT2D eigenvalue weighted by Crippen LogP contribution is 2.05. The SMILES string of the molecule is BC1N(C)C=CN1C. The summed E-state index contributed by atoms with van der Waals surface area (Å²) in [6.45, 7) is 0. The summed E-state index contributed by atoms with van der Waals surface area (Å²) in [5.41, 5.74) is 0. The van der Waals surface area contributed by atoms with Crippen LogP contribution in [0.25, 0.3) is 0 Å². The van der Waals surface area contributed by atoms with Gasteiger partial charge >= 0.3 is 0 Å². The Hall–Kier alpha value is -0.595. The molecule has 0 atom stereocenters. The van der Waals surface area contributed by atoms with Crippen molar-refractivity contribution in [2.75, 3.05) is 14.1 Å². The summed E-state index contributed by atoms with van der Waals surface area (Å²) in [4.78, 5) is 4.33. The van der Waals surface area contributed by atoms with Gasteiger partial charge in [0.25, 0.3) is 0 Å². The van der Waals surface area contributed by atoms with Crippen molar-refractivity contribution in [3.63, 3.8) is 0 Å². The van der Waals surface area contributed by atoms with Crippen LogP contribution in [0.3, 0.4) is 0 Å². The van der Waals surface area contributed by atoms with Crippen molar-refractivity contribution in [2.45, 2.75) is 6.07 Å². The summed E-state index contributed by atoms with van der Waals surface area (Å²) >= 11 is 0. The van der Waals surface area contributed by atoms with Gasteiger partial charge in [0.1, 0.15) is 0 Å². The number of nitrogens with zero attached hydrogens (tertiary/aromatic N) is 2. The van der Waals surface area contributed by atoms with Gasteiger partial charge < -0.3 is 9.80 Å². The molecule has 0 saturated heterocycles. The lowest BCUT2D eigenvalue weighted by Gasteiger charge is -2.22. The molecule has 0 bridgehead atoms. The molecular formula is C5H11BN2. The largest absolute Gasteiger partial charge is 0.367 e. The highest BCUT2D eigenvalue weighted by molar-refractivity contribution is 6.11. The normalized spacial score (nSPS) is 20.8. The maximum atomic E-state index is 2.17. The van der Waals surface area contributed by atoms with Crippen LogP contribution in [0.2, 0.25) is 0 Å². The summed E-state index contributed by atoms with van der Waals surface area (Å²) in [6, 6.07) is 0.537. The van der Waals surface area contributed by atoms with Crippen LogP contribution in [-0.2, 0) is 0 Å². The van der Waals surface area contributed by atoms with E-state index in [0.717, 1.165) is 0 Å². The molecule has 0 N–H and O–H groups in total. The minimum Gasteiger partial charge on any atom is -0.367 e. The van der Waals surface area contributed by atoms with Crippen LogP contribution >= 0.6 is 0 Å². The summed E-state index contributed by atoms with van der Waals surface area (Å²) in [7, 11) is 6.31. The fraction of sp³-hybridized carbons (Fsp3) is 0.600. The lowest BCUT2D eigenvalue weighted by Crippen LogP contribution is -2.33. The third kappa shape index (κ3) is 0.682. The molecule has 0 unspecified atom stereocenters. The van der Waals surface area contributed by atoms with Crippen molar-refractivity contribution >= 4 is 7.85 Å². The molecule has 0 fully saturated rings. The van der Waals surface area contributed by atoms with Crippen molar-refractivity contribution in [2.24, 2.45) is 0 Å². The van der Waals surface area contributed by atoms with Gasteiger partial charge in [-0.15, -0.1) is 0 Å². The van der Waals surface area contributed by atoms with E-state index < -0.39 is 0 Å². The maximum Gasteiger partial charge on any atom is 0.157 e. The van der Waals surface area contributed by atoms with Crippen molar-refractivity contribution in [3.8, 4) is 0 Å². The molecule has 8 heavy (non-hydrogen) atoms. The highest BCUT2D eigenvalue weighted by atomic mass is 15.3. The van der Waals surface area contributed by atoms with Gasteiger partial charge in [-0.1, -0.05) is 0 Å². The van der Waals surface area contributed by atoms with Crippen LogP contribution in [0.5, 0.6) is 0 Å². The first kappa shape index (κ1) is 5.54. The third-order valence-electron chi connectivity index (χ3n) is 1.72. The monoisotopic (exact) mass is 110 g/mol. The van der Waals surface area contributed by atoms with Crippen molar-refractivity contribution in [1.29, 1.82) is 0 Å². The van der Waals surface area contributed by atoms with E-state index in [1.54, 1.807) is 0 Å². The Morgan fingerprint density at radius 3 is 1.75 bits per heavy atom. The Kier molecular flexibility index (Phi) is 1.20. The van der Waals surface area contributed by atoms with Crippen molar-refractivity contribution in [1.82, 2.24) is 9.80 Å². The molecule has 1 heterocycles. The molecule has 1 rings (SSSR count). The summed E-state index contributed by atoms with van der Waals surface area (Å²) in [5, 5.41) is 0. The molecule has 0 saturated carbocycles. The molecule has 0 radical (unpaired) electrons. The molecule has 0 aromatic heterocycles. The predicted molar refractivity (Wildman–Crippen MR) is 37.0 cm³/mol. The zero-order chi connectivity index (χ0) is 6.15. The van der Waals surface area contributed by atoms with Gasteiger partial charge in [0, 0.05) is 26.5 Å². The Labute approximate surface area is 51.2 Å². The van der Waals surface area contributed by atoms with E-state index in [0.29, 0.717) is 6.07 Å². The smallest absolute Gasteiger partial charge is 0.157 e. The zero-order valence-electron chi connectivity index (χ0n) is 5.63. The summed E-state index contributed by atoms with van der Waals surface area (Å²) in [6.07, 6.45) is 4.15. The third-order valence-corrected chi connectivity index (χ3v) is 1.72. The fourth-order valence-corrected chi connectivity index (χ4v) is 0.747. The Morgan fingerprint density at radius 1 is 1.25 bits per heavy atom. The molecule has 0 aromatic carbocycles. The van der Waals surface area contributed by atoms with Gasteiger partial charge in [-0.05, 0) is 0 Å². The topological polar surface area (TPSA) is 6.48 Å². The second kappa shape index (κ2) is 1.73. The van der Waals surface area contributed by atoms with Crippen LogP contribution in [0.1, 0.15) is 0 Å². The summed E-state index contributed by atoms with van der Waals surface area (Å²) in [5.74, 6) is 0. The number of hydrogen-bond donors (Lipinski definition) is 0. The van der Waals surface area contributed by atoms with Gasteiger partial charge in [-0.25, -0.2) is 0 Å². The molecule has 2 nitrogen and oxygen atoms in total. The molecule has 1 aliphatic heterocycles. The Bertz CT molecular complexity index is 101. The van der Waals surface area contributed by atoms with Crippen LogP contribution in [0.4, 0.5) is 0 Å². The van der Waals surface area contributed by atoms with Crippen LogP contribution < -0.4 is 0 Å². The minimum absolute atomic E-state index is 0.537. The molecule has 0 amide bonds. The van der Waals surface area contributed by atoms with E-state index in [1.165, 1.54) is 0 Å². The quantitative estimate of drug-likeness (QED) is 0.378. The highest BCUT2D eigenvalue weighted by Gasteiger charge is 2.12. The average Bonchev–Trinajstić information content (AvgIpc) is 1.98. The molecule has 44 valence electrons. The van der Waals surface area contributed by atoms with Crippen LogP contribution in [0.15, 0.2) is 12.4 Å². The van der Waals surface area contributed by atoms with Gasteiger partial charge in [-0.2, -0.15) is 0 Å². The predicted octanol–water partition coefficient (Wildman–Crippen LogP) is -0.749. The van der Waals surface area contributed by atoms with E-state index in [-0.39, 0.29) is 0 Å². The van der Waals surface area contributed by atoms with Crippen LogP contribution in [0, 0.1) is 0 Å². The standard InChI is InChI=1S/C5H11BN2/c1-7-3-4-8(2)5(7)6/h3-5H,6H2,1-2H3. The maximum absolute atomic E-state index is 2.17. The second-order valence-electron chi connectivity index (χ2n) is 2.26. The zero-order valence-corrected chi connectivity index (χ0v) is 5.63. The minimum atomic E-state index is 0.537. The van der Waals surface area contributed by atoms with Crippen molar-refractivity contribution < 1.29 is 0 Å². The fourth-order valence-electron chi connectivity index (χ4n) is 0.747. The van der Waals surface area contributed by atoms with E-state index in [2.05, 4.69) is 44.1 Å². The van der Waals surface area contributed by atoms with Gasteiger partial charge in [0.05, 0.1) is 6.07 Å². The molecule has 0 aliphatic carbocycles. The molecule has 1 aliphatic rings. The Morgan fingerprint density at radius 2 is 1.62 bits per heavy atom. The second-order valence-corrected chi connectivity index (χ2v) is 2.26. The van der Waals surface area contributed by atoms with Gasteiger partial charge in [-0.3, -0.25) is 0 Å². The van der Waals surface area contributed by atoms with E-state index in [9.17, 15) is 0 Å². The first-order chi connectivity index (χ1) is 3.72. The first-order valence-electron chi connectivity index (χ1n) is 2.84. The first-order valence-corrected chi connectivity index (χ1v) is 2.84. The molecule has 0 spiro atoms. The van der Waals surface area contributed by atoms with Crippen LogP contribution in [-0.4, -0.2) is 37.8 Å². The Balaban J connectivity index is 2.55. The number of hydrogen-bond acceptors (Lipinski definition) is 2. The van der Waals surface area contributed by atoms with E-state index in [4.69, 9.17) is 0 Å². The van der Waals surface area contributed by atoms with E-state index >= 15 is 0 Å².